The van der Waals surface area contributed by atoms with E-state index in [-0.39, 0.29) is 43.4 Å². The fraction of sp³-hybridized carbons (Fsp3) is 0.333. The second kappa shape index (κ2) is 12.7. The SMILES string of the molecule is CCOC(=O)c1[nH]c(COC(=O)C=Cc2ccc(OCC#N)c(OC)c2)c(C(=O)OCC)c1C. The van der Waals surface area contributed by atoms with Crippen LogP contribution in [0.15, 0.2) is 24.3 Å². The summed E-state index contributed by atoms with van der Waals surface area (Å²) in [6, 6.07) is 6.80. The molecule has 10 nitrogen and oxygen atoms in total. The molecule has 0 spiro atoms. The van der Waals surface area contributed by atoms with Crippen LogP contribution in [0.2, 0.25) is 0 Å². The number of nitriles is 1. The Labute approximate surface area is 197 Å². The molecule has 0 aliphatic rings. The normalized spacial score (nSPS) is 10.4. The standard InChI is InChI=1S/C24H26N2O8/c1-5-31-23(28)21-15(3)22(24(29)32-6-2)26-17(21)14-34-20(27)10-8-16-7-9-18(33-12-11-25)19(13-16)30-4/h7-10,13,26H,5-6,12,14H2,1-4H3. The van der Waals surface area contributed by atoms with Crippen molar-refractivity contribution in [1.82, 2.24) is 4.98 Å². The molecule has 0 saturated heterocycles. The summed E-state index contributed by atoms with van der Waals surface area (Å²) in [7, 11) is 1.46. The third-order valence-corrected chi connectivity index (χ3v) is 4.54. The van der Waals surface area contributed by atoms with Gasteiger partial charge in [0.15, 0.2) is 18.1 Å². The molecule has 2 rings (SSSR count). The number of carbonyl (C=O) groups is 3. The largest absolute Gasteiger partial charge is 0.493 e. The highest BCUT2D eigenvalue weighted by molar-refractivity contribution is 5.98. The van der Waals surface area contributed by atoms with Gasteiger partial charge in [-0.15, -0.1) is 0 Å². The second-order valence-electron chi connectivity index (χ2n) is 6.72. The van der Waals surface area contributed by atoms with Crippen LogP contribution < -0.4 is 9.47 Å². The maximum absolute atomic E-state index is 12.4. The van der Waals surface area contributed by atoms with Crippen LogP contribution in [0, 0.1) is 18.3 Å². The van der Waals surface area contributed by atoms with Crippen molar-refractivity contribution >= 4 is 24.0 Å². The van der Waals surface area contributed by atoms with E-state index in [1.54, 1.807) is 39.0 Å². The van der Waals surface area contributed by atoms with E-state index >= 15 is 0 Å². The van der Waals surface area contributed by atoms with Crippen molar-refractivity contribution in [2.45, 2.75) is 27.4 Å². The topological polar surface area (TPSA) is 137 Å². The molecule has 0 fully saturated rings. The summed E-state index contributed by atoms with van der Waals surface area (Å²) in [5.41, 5.74) is 1.42. The molecule has 0 bridgehead atoms. The van der Waals surface area contributed by atoms with Gasteiger partial charge in [-0.2, -0.15) is 5.26 Å². The van der Waals surface area contributed by atoms with Crippen LogP contribution >= 0.6 is 0 Å². The van der Waals surface area contributed by atoms with E-state index in [0.717, 1.165) is 0 Å². The number of benzene rings is 1. The first-order chi connectivity index (χ1) is 16.4. The lowest BCUT2D eigenvalue weighted by Crippen LogP contribution is -2.10. The fourth-order valence-electron chi connectivity index (χ4n) is 3.03. The Morgan fingerprint density at radius 1 is 1.06 bits per heavy atom. The zero-order valence-electron chi connectivity index (χ0n) is 19.4. The van der Waals surface area contributed by atoms with Crippen molar-refractivity contribution in [3.63, 3.8) is 0 Å². The zero-order chi connectivity index (χ0) is 25.1. The van der Waals surface area contributed by atoms with Gasteiger partial charge in [0, 0.05) is 6.08 Å². The lowest BCUT2D eigenvalue weighted by Gasteiger charge is -2.08. The monoisotopic (exact) mass is 470 g/mol. The number of rotatable bonds is 11. The van der Waals surface area contributed by atoms with Gasteiger partial charge in [-0.3, -0.25) is 0 Å². The summed E-state index contributed by atoms with van der Waals surface area (Å²) in [5.74, 6) is -1.14. The molecule has 0 aliphatic heterocycles. The molecular weight excluding hydrogens is 444 g/mol. The highest BCUT2D eigenvalue weighted by Gasteiger charge is 2.26. The van der Waals surface area contributed by atoms with E-state index in [4.69, 9.17) is 28.9 Å². The first kappa shape index (κ1) is 26.0. The number of nitrogens with zero attached hydrogens (tertiary/aromatic N) is 1. The summed E-state index contributed by atoms with van der Waals surface area (Å²) < 4.78 is 25.8. The van der Waals surface area contributed by atoms with E-state index in [2.05, 4.69) is 4.98 Å². The van der Waals surface area contributed by atoms with E-state index < -0.39 is 17.9 Å². The Morgan fingerprint density at radius 3 is 2.41 bits per heavy atom. The molecule has 180 valence electrons. The number of ether oxygens (including phenoxy) is 5. The number of aromatic amines is 1. The Morgan fingerprint density at radius 2 is 1.76 bits per heavy atom. The summed E-state index contributed by atoms with van der Waals surface area (Å²) in [4.78, 5) is 39.7. The molecule has 0 radical (unpaired) electrons. The lowest BCUT2D eigenvalue weighted by molar-refractivity contribution is -0.139. The van der Waals surface area contributed by atoms with Crippen LogP contribution in [0.3, 0.4) is 0 Å². The lowest BCUT2D eigenvalue weighted by atomic mass is 10.1. The van der Waals surface area contributed by atoms with Gasteiger partial charge >= 0.3 is 17.9 Å². The predicted molar refractivity (Wildman–Crippen MR) is 120 cm³/mol. The van der Waals surface area contributed by atoms with Gasteiger partial charge in [-0.05, 0) is 50.1 Å². The minimum atomic E-state index is -0.677. The molecule has 1 N–H and O–H groups in total. The van der Waals surface area contributed by atoms with Gasteiger partial charge in [0.05, 0.1) is 31.6 Å². The zero-order valence-corrected chi connectivity index (χ0v) is 19.4. The average molecular weight is 470 g/mol. The van der Waals surface area contributed by atoms with Crippen molar-refractivity contribution in [2.24, 2.45) is 0 Å². The number of esters is 3. The minimum absolute atomic E-state index is 0.0947. The molecular formula is C24H26N2O8. The molecule has 34 heavy (non-hydrogen) atoms. The van der Waals surface area contributed by atoms with Crippen LogP contribution in [0.1, 0.15) is 51.5 Å². The summed E-state index contributed by atoms with van der Waals surface area (Å²) in [6.07, 6.45) is 2.71. The van der Waals surface area contributed by atoms with E-state index in [1.165, 1.54) is 19.3 Å². The number of hydrogen-bond acceptors (Lipinski definition) is 9. The van der Waals surface area contributed by atoms with Crippen LogP contribution in [0.25, 0.3) is 6.08 Å². The van der Waals surface area contributed by atoms with Crippen molar-refractivity contribution in [2.75, 3.05) is 26.9 Å². The maximum Gasteiger partial charge on any atom is 0.355 e. The van der Waals surface area contributed by atoms with Gasteiger partial charge < -0.3 is 28.7 Å². The molecule has 1 aromatic heterocycles. The van der Waals surface area contributed by atoms with Crippen molar-refractivity contribution in [3.05, 3.63) is 52.4 Å². The molecule has 0 unspecified atom stereocenters. The minimum Gasteiger partial charge on any atom is -0.493 e. The summed E-state index contributed by atoms with van der Waals surface area (Å²) in [6.45, 7) is 4.80. The predicted octanol–water partition coefficient (Wildman–Crippen LogP) is 3.34. The van der Waals surface area contributed by atoms with Crippen molar-refractivity contribution in [1.29, 1.82) is 5.26 Å². The number of H-pyrrole nitrogens is 1. The highest BCUT2D eigenvalue weighted by atomic mass is 16.5. The van der Waals surface area contributed by atoms with Gasteiger partial charge in [0.2, 0.25) is 0 Å². The number of hydrogen-bond donors (Lipinski definition) is 1. The fourth-order valence-corrected chi connectivity index (χ4v) is 3.03. The average Bonchev–Trinajstić information content (AvgIpc) is 3.16. The van der Waals surface area contributed by atoms with Crippen LogP contribution in [0.5, 0.6) is 11.5 Å². The molecule has 0 amide bonds. The molecule has 1 heterocycles. The summed E-state index contributed by atoms with van der Waals surface area (Å²) in [5, 5.41) is 8.64. The first-order valence-electron chi connectivity index (χ1n) is 10.4. The molecule has 10 heteroatoms. The smallest absolute Gasteiger partial charge is 0.355 e. The number of methoxy groups -OCH3 is 1. The Bertz CT molecular complexity index is 1110. The molecule has 2 aromatic rings. The number of aromatic nitrogens is 1. The van der Waals surface area contributed by atoms with Gasteiger partial charge in [-0.25, -0.2) is 14.4 Å². The first-order valence-corrected chi connectivity index (χ1v) is 10.4. The number of carbonyl (C=O) groups excluding carboxylic acids is 3. The van der Waals surface area contributed by atoms with E-state index in [1.807, 2.05) is 6.07 Å². The van der Waals surface area contributed by atoms with Crippen molar-refractivity contribution < 1.29 is 38.1 Å². The molecule has 1 aromatic carbocycles. The second-order valence-corrected chi connectivity index (χ2v) is 6.72. The third kappa shape index (κ3) is 6.62. The Balaban J connectivity index is 2.15. The van der Waals surface area contributed by atoms with Gasteiger partial charge in [0.1, 0.15) is 18.4 Å². The summed E-state index contributed by atoms with van der Waals surface area (Å²) >= 11 is 0. The van der Waals surface area contributed by atoms with Crippen LogP contribution in [0.4, 0.5) is 0 Å². The maximum atomic E-state index is 12.4. The quantitative estimate of drug-likeness (QED) is 0.298. The number of nitrogens with one attached hydrogen (secondary N) is 1. The van der Waals surface area contributed by atoms with Gasteiger partial charge in [-0.1, -0.05) is 6.07 Å². The highest BCUT2D eigenvalue weighted by Crippen LogP contribution is 2.28. The van der Waals surface area contributed by atoms with Crippen molar-refractivity contribution in [3.8, 4) is 17.6 Å². The van der Waals surface area contributed by atoms with Gasteiger partial charge in [0.25, 0.3) is 0 Å². The Kier molecular flexibility index (Phi) is 9.71. The van der Waals surface area contributed by atoms with E-state index in [9.17, 15) is 14.4 Å². The Hall–Kier alpha value is -4.26. The van der Waals surface area contributed by atoms with Crippen LogP contribution in [-0.4, -0.2) is 49.8 Å². The molecule has 0 aliphatic carbocycles. The molecule has 0 saturated carbocycles. The molecule has 0 atom stereocenters. The van der Waals surface area contributed by atoms with E-state index in [0.29, 0.717) is 22.6 Å². The van der Waals surface area contributed by atoms with Crippen LogP contribution in [-0.2, 0) is 25.6 Å². The third-order valence-electron chi connectivity index (χ3n) is 4.54.